The van der Waals surface area contributed by atoms with E-state index >= 15 is 0 Å². The highest BCUT2D eigenvalue weighted by Gasteiger charge is 2.45. The fraction of sp³-hybridized carbons (Fsp3) is 0.387. The van der Waals surface area contributed by atoms with Crippen LogP contribution < -0.4 is 20.9 Å². The van der Waals surface area contributed by atoms with Gasteiger partial charge in [0.1, 0.15) is 17.4 Å². The SMILES string of the molecule is CC(C)(C)Oc1cc(-c2ccccc2)ccc1C(Oc1cc(C2=CCC(CC(N)C(=O)O)CC2)nc(N)n1)C(F)(F)F. The highest BCUT2D eigenvalue weighted by atomic mass is 19.4. The topological polar surface area (TPSA) is 134 Å². The molecule has 0 fully saturated rings. The van der Waals surface area contributed by atoms with Gasteiger partial charge in [-0.3, -0.25) is 4.79 Å². The molecule has 0 bridgehead atoms. The van der Waals surface area contributed by atoms with Crippen LogP contribution in [0.25, 0.3) is 16.7 Å². The maximum atomic E-state index is 14.6. The Kier molecular flexibility index (Phi) is 9.10. The zero-order chi connectivity index (χ0) is 30.7. The molecule has 8 nitrogen and oxygen atoms in total. The van der Waals surface area contributed by atoms with Gasteiger partial charge in [0.15, 0.2) is 0 Å². The number of alkyl halides is 3. The van der Waals surface area contributed by atoms with E-state index in [9.17, 15) is 18.0 Å². The highest BCUT2D eigenvalue weighted by Crippen LogP contribution is 2.43. The number of nitrogens with zero attached hydrogens (tertiary/aromatic N) is 2. The first-order valence-electron chi connectivity index (χ1n) is 13.6. The van der Waals surface area contributed by atoms with Gasteiger partial charge in [0.05, 0.1) is 5.69 Å². The Bertz CT molecular complexity index is 1440. The number of aliphatic carboxylic acids is 1. The molecule has 11 heteroatoms. The number of carboxylic acids is 1. The molecule has 1 heterocycles. The van der Waals surface area contributed by atoms with E-state index in [4.69, 9.17) is 26.0 Å². The summed E-state index contributed by atoms with van der Waals surface area (Å²) < 4.78 is 55.3. The largest absolute Gasteiger partial charge is 0.488 e. The maximum absolute atomic E-state index is 14.6. The van der Waals surface area contributed by atoms with Crippen LogP contribution in [0, 0.1) is 5.92 Å². The monoisotopic (exact) mass is 584 g/mol. The minimum Gasteiger partial charge on any atom is -0.488 e. The fourth-order valence-electron chi connectivity index (χ4n) is 4.87. The minimum atomic E-state index is -4.82. The maximum Gasteiger partial charge on any atom is 0.429 e. The van der Waals surface area contributed by atoms with E-state index in [1.54, 1.807) is 32.9 Å². The molecule has 0 spiro atoms. The van der Waals surface area contributed by atoms with Gasteiger partial charge in [0.2, 0.25) is 17.9 Å². The Balaban J connectivity index is 1.66. The normalized spacial score (nSPS) is 17.2. The lowest BCUT2D eigenvalue weighted by molar-refractivity contribution is -0.199. The molecule has 0 saturated carbocycles. The van der Waals surface area contributed by atoms with Crippen LogP contribution >= 0.6 is 0 Å². The molecule has 1 aliphatic carbocycles. The predicted octanol–water partition coefficient (Wildman–Crippen LogP) is 6.57. The summed E-state index contributed by atoms with van der Waals surface area (Å²) in [7, 11) is 0. The number of aromatic nitrogens is 2. The molecular weight excluding hydrogens is 549 g/mol. The second kappa shape index (κ2) is 12.4. The van der Waals surface area contributed by atoms with Crippen molar-refractivity contribution in [2.24, 2.45) is 11.7 Å². The van der Waals surface area contributed by atoms with E-state index in [1.807, 2.05) is 36.4 Å². The van der Waals surface area contributed by atoms with Crippen LogP contribution in [0.2, 0.25) is 0 Å². The lowest BCUT2D eigenvalue weighted by Crippen LogP contribution is -2.32. The van der Waals surface area contributed by atoms with Crippen LogP contribution in [-0.4, -0.2) is 38.9 Å². The average Bonchev–Trinajstić information content (AvgIpc) is 2.91. The summed E-state index contributed by atoms with van der Waals surface area (Å²) in [6.07, 6.45) is -3.27. The van der Waals surface area contributed by atoms with Gasteiger partial charge in [-0.25, -0.2) is 4.98 Å². The number of rotatable bonds is 9. The van der Waals surface area contributed by atoms with Crippen LogP contribution in [-0.2, 0) is 4.79 Å². The first kappa shape index (κ1) is 30.8. The van der Waals surface area contributed by atoms with Crippen LogP contribution in [0.5, 0.6) is 11.6 Å². The number of halogens is 3. The number of nitrogen functional groups attached to an aromatic ring is 1. The summed E-state index contributed by atoms with van der Waals surface area (Å²) in [4.78, 5) is 19.3. The Morgan fingerprint density at radius 1 is 1.07 bits per heavy atom. The van der Waals surface area contributed by atoms with E-state index in [-0.39, 0.29) is 29.1 Å². The summed E-state index contributed by atoms with van der Waals surface area (Å²) >= 11 is 0. The minimum absolute atomic E-state index is 0.0361. The molecule has 5 N–H and O–H groups in total. The van der Waals surface area contributed by atoms with Gasteiger partial charge in [-0.1, -0.05) is 48.5 Å². The summed E-state index contributed by atoms with van der Waals surface area (Å²) in [5.41, 5.74) is 13.2. The van der Waals surface area contributed by atoms with Gasteiger partial charge in [-0.05, 0) is 75.1 Å². The van der Waals surface area contributed by atoms with E-state index in [1.165, 1.54) is 12.1 Å². The Labute approximate surface area is 242 Å². The van der Waals surface area contributed by atoms with Gasteiger partial charge >= 0.3 is 12.1 Å². The molecule has 3 aromatic rings. The summed E-state index contributed by atoms with van der Waals surface area (Å²) in [5, 5.41) is 9.08. The number of benzene rings is 2. The van der Waals surface area contributed by atoms with Crippen molar-refractivity contribution in [3.63, 3.8) is 0 Å². The zero-order valence-corrected chi connectivity index (χ0v) is 23.7. The Hall–Kier alpha value is -4.12. The number of hydrogen-bond acceptors (Lipinski definition) is 7. The third-order valence-electron chi connectivity index (χ3n) is 6.83. The Morgan fingerprint density at radius 2 is 1.79 bits per heavy atom. The van der Waals surface area contributed by atoms with Gasteiger partial charge in [0, 0.05) is 11.6 Å². The summed E-state index contributed by atoms with van der Waals surface area (Å²) in [6, 6.07) is 14.2. The van der Waals surface area contributed by atoms with E-state index in [2.05, 4.69) is 9.97 Å². The Morgan fingerprint density at radius 3 is 2.38 bits per heavy atom. The van der Waals surface area contributed by atoms with Crippen molar-refractivity contribution >= 4 is 17.5 Å². The first-order chi connectivity index (χ1) is 19.7. The summed E-state index contributed by atoms with van der Waals surface area (Å²) in [5.74, 6) is -1.51. The molecule has 1 aromatic heterocycles. The number of allylic oxidation sites excluding steroid dienone is 2. The van der Waals surface area contributed by atoms with Crippen molar-refractivity contribution in [1.29, 1.82) is 0 Å². The van der Waals surface area contributed by atoms with Crippen molar-refractivity contribution in [1.82, 2.24) is 9.97 Å². The van der Waals surface area contributed by atoms with Gasteiger partial charge in [-0.2, -0.15) is 18.2 Å². The molecule has 1 aliphatic rings. The van der Waals surface area contributed by atoms with Crippen LogP contribution in [0.3, 0.4) is 0 Å². The molecule has 2 aromatic carbocycles. The number of hydrogen-bond donors (Lipinski definition) is 3. The molecule has 0 aliphatic heterocycles. The number of nitrogens with two attached hydrogens (primary N) is 2. The smallest absolute Gasteiger partial charge is 0.429 e. The van der Waals surface area contributed by atoms with Crippen molar-refractivity contribution < 1.29 is 32.5 Å². The molecule has 0 saturated heterocycles. The van der Waals surface area contributed by atoms with Crippen molar-refractivity contribution in [2.45, 2.75) is 70.4 Å². The van der Waals surface area contributed by atoms with E-state index < -0.39 is 29.9 Å². The second-order valence-electron chi connectivity index (χ2n) is 11.4. The van der Waals surface area contributed by atoms with E-state index in [0.29, 0.717) is 36.9 Å². The second-order valence-corrected chi connectivity index (χ2v) is 11.4. The van der Waals surface area contributed by atoms with E-state index in [0.717, 1.165) is 11.1 Å². The molecule has 4 rings (SSSR count). The van der Waals surface area contributed by atoms with Crippen LogP contribution in [0.4, 0.5) is 19.1 Å². The molecule has 3 unspecified atom stereocenters. The van der Waals surface area contributed by atoms with Crippen LogP contribution in [0.1, 0.15) is 63.8 Å². The molecule has 42 heavy (non-hydrogen) atoms. The van der Waals surface area contributed by atoms with Crippen molar-refractivity contribution in [2.75, 3.05) is 5.73 Å². The van der Waals surface area contributed by atoms with Crippen molar-refractivity contribution in [3.05, 3.63) is 71.9 Å². The third-order valence-corrected chi connectivity index (χ3v) is 6.83. The van der Waals surface area contributed by atoms with Crippen LogP contribution in [0.15, 0.2) is 60.7 Å². The van der Waals surface area contributed by atoms with Gasteiger partial charge in [0.25, 0.3) is 0 Å². The molecular formula is C31H35F3N4O4. The average molecular weight is 585 g/mol. The first-order valence-corrected chi connectivity index (χ1v) is 13.6. The van der Waals surface area contributed by atoms with Gasteiger partial charge in [-0.15, -0.1) is 0 Å². The molecule has 224 valence electrons. The fourth-order valence-corrected chi connectivity index (χ4v) is 4.87. The third kappa shape index (κ3) is 8.00. The molecule has 3 atom stereocenters. The number of carbonyl (C=O) groups is 1. The number of ether oxygens (including phenoxy) is 2. The number of anilines is 1. The highest BCUT2D eigenvalue weighted by molar-refractivity contribution is 5.73. The van der Waals surface area contributed by atoms with Crippen molar-refractivity contribution in [3.8, 4) is 22.8 Å². The lowest BCUT2D eigenvalue weighted by Gasteiger charge is -2.28. The molecule has 0 radical (unpaired) electrons. The number of carboxylic acid groups (broad SMARTS) is 1. The predicted molar refractivity (Wildman–Crippen MR) is 154 cm³/mol. The lowest BCUT2D eigenvalue weighted by atomic mass is 9.84. The van der Waals surface area contributed by atoms with Gasteiger partial charge < -0.3 is 26.0 Å². The zero-order valence-electron chi connectivity index (χ0n) is 23.7. The standard InChI is InChI=1S/C31H35F3N4O4/c1-30(2,3)42-25-16-21(19-7-5-4-6-8-19)13-14-22(25)27(31(32,33)34)41-26-17-24(37-29(36)38-26)20-11-9-18(10-12-20)15-23(35)28(39)40/h4-8,11,13-14,16-18,23,27H,9-10,12,15,35H2,1-3H3,(H,39,40)(H2,36,37,38). The molecule has 0 amide bonds. The quantitative estimate of drug-likeness (QED) is 0.257. The summed E-state index contributed by atoms with van der Waals surface area (Å²) in [6.45, 7) is 5.26.